The van der Waals surface area contributed by atoms with Crippen LogP contribution < -0.4 is 10.9 Å². The van der Waals surface area contributed by atoms with Crippen LogP contribution in [0.4, 0.5) is 4.39 Å². The molecule has 12 heteroatoms. The quantitative estimate of drug-likeness (QED) is 0.536. The van der Waals surface area contributed by atoms with Crippen LogP contribution in [0.5, 0.6) is 5.75 Å². The Bertz CT molecular complexity index is 1320. The van der Waals surface area contributed by atoms with Gasteiger partial charge in [0.1, 0.15) is 17.2 Å². The van der Waals surface area contributed by atoms with Crippen LogP contribution in [0, 0.1) is 5.82 Å². The molecule has 1 aromatic carbocycles. The minimum Gasteiger partial charge on any atom is -0.501 e. The molecular weight excluding hydrogens is 497 g/mol. The molecule has 1 aromatic heterocycles. The Balaban J connectivity index is 1.78. The molecule has 3 heterocycles. The van der Waals surface area contributed by atoms with E-state index in [2.05, 4.69) is 10.3 Å². The first-order valence-electron chi connectivity index (χ1n) is 12.4. The van der Waals surface area contributed by atoms with Gasteiger partial charge >= 0.3 is 11.8 Å². The van der Waals surface area contributed by atoms with Crippen molar-refractivity contribution in [3.63, 3.8) is 0 Å². The van der Waals surface area contributed by atoms with Gasteiger partial charge < -0.3 is 25.0 Å². The van der Waals surface area contributed by atoms with Gasteiger partial charge in [-0.2, -0.15) is 0 Å². The summed E-state index contributed by atoms with van der Waals surface area (Å²) in [6, 6.07) is 5.50. The summed E-state index contributed by atoms with van der Waals surface area (Å²) < 4.78 is 20.3. The van der Waals surface area contributed by atoms with Gasteiger partial charge in [-0.15, -0.1) is 0 Å². The summed E-state index contributed by atoms with van der Waals surface area (Å²) >= 11 is 0. The van der Waals surface area contributed by atoms with Crippen LogP contribution >= 0.6 is 0 Å². The standard InChI is InChI=1S/C26H32FN5O6/c1-5-30(2)22(36)23(37)31(3)26-12-10-25(38-4,11-13-26)15-32-21(35)19(33)18(29-24(26)32)20(34)28-14-16-6-8-17(27)9-7-16/h6-9,33H,5,10-15H2,1-4H3,(H,28,34). The van der Waals surface area contributed by atoms with E-state index in [0.717, 1.165) is 0 Å². The topological polar surface area (TPSA) is 134 Å². The summed E-state index contributed by atoms with van der Waals surface area (Å²) in [5.41, 5.74) is -2.63. The van der Waals surface area contributed by atoms with Gasteiger partial charge in [0, 0.05) is 34.3 Å². The number of carbonyl (C=O) groups excluding carboxylic acids is 3. The number of aromatic hydroxyl groups is 1. The molecule has 0 saturated heterocycles. The third kappa shape index (κ3) is 4.53. The number of benzene rings is 1. The van der Waals surface area contributed by atoms with Gasteiger partial charge in [-0.25, -0.2) is 9.37 Å². The number of aromatic nitrogens is 2. The highest BCUT2D eigenvalue weighted by Crippen LogP contribution is 2.49. The Morgan fingerprint density at radius 1 is 1.13 bits per heavy atom. The number of rotatable bonds is 6. The average Bonchev–Trinajstić information content (AvgIpc) is 3.17. The van der Waals surface area contributed by atoms with Crippen LogP contribution in [0.2, 0.25) is 0 Å². The maximum absolute atomic E-state index is 13.4. The Labute approximate surface area is 219 Å². The predicted octanol–water partition coefficient (Wildman–Crippen LogP) is 1.12. The average molecular weight is 530 g/mol. The zero-order valence-electron chi connectivity index (χ0n) is 21.9. The number of hydrogen-bond donors (Lipinski definition) is 2. The lowest BCUT2D eigenvalue weighted by Crippen LogP contribution is -2.55. The molecule has 5 rings (SSSR count). The molecule has 11 nitrogen and oxygen atoms in total. The van der Waals surface area contributed by atoms with Crippen LogP contribution in [0.15, 0.2) is 29.1 Å². The number of amides is 3. The first-order valence-corrected chi connectivity index (χ1v) is 12.4. The van der Waals surface area contributed by atoms with Gasteiger partial charge in [0.2, 0.25) is 5.75 Å². The van der Waals surface area contributed by atoms with Crippen molar-refractivity contribution in [2.75, 3.05) is 27.7 Å². The Morgan fingerprint density at radius 3 is 2.34 bits per heavy atom. The van der Waals surface area contributed by atoms with E-state index in [1.54, 1.807) is 14.0 Å². The molecule has 38 heavy (non-hydrogen) atoms. The number of methoxy groups -OCH3 is 1. The molecule has 0 unspecified atom stereocenters. The number of halogens is 1. The highest BCUT2D eigenvalue weighted by atomic mass is 19.1. The normalized spacial score (nSPS) is 21.8. The van der Waals surface area contributed by atoms with E-state index >= 15 is 0 Å². The zero-order chi connectivity index (χ0) is 27.8. The lowest BCUT2D eigenvalue weighted by Gasteiger charge is -2.45. The molecule has 0 atom stereocenters. The van der Waals surface area contributed by atoms with E-state index in [9.17, 15) is 28.7 Å². The molecule has 0 spiro atoms. The fraction of sp³-hybridized carbons (Fsp3) is 0.500. The molecule has 204 valence electrons. The molecule has 0 radical (unpaired) electrons. The number of fused-ring (bicyclic) bond motifs is 2. The van der Waals surface area contributed by atoms with Crippen LogP contribution in [-0.4, -0.2) is 75.5 Å². The minimum absolute atomic E-state index is 0.00677. The fourth-order valence-electron chi connectivity index (χ4n) is 5.26. The van der Waals surface area contributed by atoms with Crippen LogP contribution in [0.25, 0.3) is 0 Å². The summed E-state index contributed by atoms with van der Waals surface area (Å²) in [4.78, 5) is 59.6. The second kappa shape index (κ2) is 10.2. The first kappa shape index (κ1) is 27.2. The molecule has 3 aliphatic rings. The highest BCUT2D eigenvalue weighted by Gasteiger charge is 2.54. The van der Waals surface area contributed by atoms with Crippen molar-refractivity contribution in [2.24, 2.45) is 0 Å². The predicted molar refractivity (Wildman–Crippen MR) is 134 cm³/mol. The van der Waals surface area contributed by atoms with Gasteiger partial charge in [-0.05, 0) is 50.3 Å². The van der Waals surface area contributed by atoms with Crippen molar-refractivity contribution < 1.29 is 28.6 Å². The number of ether oxygens (including phenoxy) is 1. The smallest absolute Gasteiger partial charge is 0.312 e. The van der Waals surface area contributed by atoms with Crippen molar-refractivity contribution in [3.8, 4) is 5.75 Å². The van der Waals surface area contributed by atoms with Crippen molar-refractivity contribution in [2.45, 2.75) is 56.8 Å². The van der Waals surface area contributed by atoms with Crippen molar-refractivity contribution in [1.29, 1.82) is 0 Å². The van der Waals surface area contributed by atoms with Gasteiger partial charge in [0.25, 0.3) is 11.5 Å². The van der Waals surface area contributed by atoms with Crippen LogP contribution in [0.3, 0.4) is 0 Å². The molecule has 2 N–H and O–H groups in total. The Hall–Kier alpha value is -3.80. The van der Waals surface area contributed by atoms with E-state index in [0.29, 0.717) is 37.8 Å². The van der Waals surface area contributed by atoms with Gasteiger partial charge in [-0.1, -0.05) is 12.1 Å². The number of hydrogen-bond acceptors (Lipinski definition) is 7. The molecule has 3 amide bonds. The molecule has 2 bridgehead atoms. The third-order valence-corrected chi connectivity index (χ3v) is 7.96. The summed E-state index contributed by atoms with van der Waals surface area (Å²) in [5, 5.41) is 13.3. The minimum atomic E-state index is -1.18. The molecule has 2 aromatic rings. The third-order valence-electron chi connectivity index (χ3n) is 7.96. The Morgan fingerprint density at radius 2 is 1.76 bits per heavy atom. The molecule has 2 aliphatic heterocycles. The number of carbonyl (C=O) groups is 3. The lowest BCUT2D eigenvalue weighted by atomic mass is 9.74. The Kier molecular flexibility index (Phi) is 7.29. The second-order valence-electron chi connectivity index (χ2n) is 9.94. The lowest BCUT2D eigenvalue weighted by molar-refractivity contribution is -0.156. The van der Waals surface area contributed by atoms with Gasteiger partial charge in [-0.3, -0.25) is 23.7 Å². The van der Waals surface area contributed by atoms with Gasteiger partial charge in [0.05, 0.1) is 12.1 Å². The molecular formula is C26H32FN5O6. The van der Waals surface area contributed by atoms with E-state index in [4.69, 9.17) is 4.74 Å². The zero-order valence-corrected chi connectivity index (χ0v) is 21.9. The van der Waals surface area contributed by atoms with E-state index in [1.807, 2.05) is 0 Å². The maximum Gasteiger partial charge on any atom is 0.312 e. The number of likely N-dealkylation sites (N-methyl/N-ethyl adjacent to an activating group) is 2. The SMILES string of the molecule is CCN(C)C(=O)C(=O)N(C)C12CCC(OC)(CC1)Cn1c2nc(C(=O)NCc2ccc(F)cc2)c(O)c1=O. The summed E-state index contributed by atoms with van der Waals surface area (Å²) in [7, 11) is 4.56. The molecule has 1 saturated carbocycles. The van der Waals surface area contributed by atoms with Crippen LogP contribution in [-0.2, 0) is 33.0 Å². The summed E-state index contributed by atoms with van der Waals surface area (Å²) in [6.07, 6.45) is 1.60. The summed E-state index contributed by atoms with van der Waals surface area (Å²) in [6.45, 7) is 2.16. The number of nitrogens with one attached hydrogen (secondary N) is 1. The molecule has 1 fully saturated rings. The highest BCUT2D eigenvalue weighted by molar-refractivity contribution is 6.34. The van der Waals surface area contributed by atoms with Crippen LogP contribution in [0.1, 0.15) is 54.5 Å². The van der Waals surface area contributed by atoms with Crippen molar-refractivity contribution >= 4 is 17.7 Å². The van der Waals surface area contributed by atoms with Crippen molar-refractivity contribution in [3.05, 3.63) is 57.5 Å². The first-order chi connectivity index (χ1) is 18.0. The van der Waals surface area contributed by atoms with E-state index in [-0.39, 0.29) is 18.9 Å². The largest absolute Gasteiger partial charge is 0.501 e. The van der Waals surface area contributed by atoms with Crippen molar-refractivity contribution in [1.82, 2.24) is 24.7 Å². The number of nitrogens with zero attached hydrogens (tertiary/aromatic N) is 4. The van der Waals surface area contributed by atoms with E-state index in [1.165, 1.54) is 52.7 Å². The van der Waals surface area contributed by atoms with E-state index < -0.39 is 51.7 Å². The second-order valence-corrected chi connectivity index (χ2v) is 9.94. The molecule has 1 aliphatic carbocycles. The summed E-state index contributed by atoms with van der Waals surface area (Å²) in [5.74, 6) is -3.41. The maximum atomic E-state index is 13.4. The van der Waals surface area contributed by atoms with Gasteiger partial charge in [0.15, 0.2) is 5.69 Å². The fourth-order valence-corrected chi connectivity index (χ4v) is 5.26. The monoisotopic (exact) mass is 529 g/mol.